The minimum atomic E-state index is -0.697. The zero-order chi connectivity index (χ0) is 14.2. The molecule has 1 fully saturated rings. The summed E-state index contributed by atoms with van der Waals surface area (Å²) in [5.74, 6) is 1.25. The highest BCUT2D eigenvalue weighted by Gasteiger charge is 2.40. The van der Waals surface area contributed by atoms with E-state index in [0.717, 1.165) is 30.7 Å². The molecule has 20 heavy (non-hydrogen) atoms. The van der Waals surface area contributed by atoms with Gasteiger partial charge in [-0.05, 0) is 38.3 Å². The molecule has 0 bridgehead atoms. The van der Waals surface area contributed by atoms with E-state index in [1.807, 2.05) is 31.2 Å². The number of anilines is 1. The highest BCUT2D eigenvalue weighted by atomic mass is 16.2. The molecule has 1 heterocycles. The lowest BCUT2D eigenvalue weighted by Crippen LogP contribution is -2.56. The van der Waals surface area contributed by atoms with E-state index in [2.05, 4.69) is 20.5 Å². The van der Waals surface area contributed by atoms with Crippen LogP contribution in [0.5, 0.6) is 0 Å². The number of aromatic amines is 1. The third-order valence-corrected chi connectivity index (χ3v) is 3.67. The van der Waals surface area contributed by atoms with Gasteiger partial charge in [0.25, 0.3) is 0 Å². The van der Waals surface area contributed by atoms with Crippen LogP contribution in [0.15, 0.2) is 24.3 Å². The van der Waals surface area contributed by atoms with Crippen molar-refractivity contribution in [1.29, 1.82) is 0 Å². The van der Waals surface area contributed by atoms with Crippen LogP contribution in [-0.2, 0) is 4.79 Å². The van der Waals surface area contributed by atoms with Gasteiger partial charge in [0.05, 0.1) is 5.54 Å². The SMILES string of the molecule is Cc1nc(-c2cccc(NC(=O)C3(N)CCC3)c2)n[nH]1. The zero-order valence-corrected chi connectivity index (χ0v) is 11.3. The van der Waals surface area contributed by atoms with Crippen LogP contribution in [0.2, 0.25) is 0 Å². The van der Waals surface area contributed by atoms with E-state index in [0.29, 0.717) is 11.5 Å². The highest BCUT2D eigenvalue weighted by molar-refractivity contribution is 5.98. The van der Waals surface area contributed by atoms with Crippen LogP contribution in [0.1, 0.15) is 25.1 Å². The monoisotopic (exact) mass is 271 g/mol. The summed E-state index contributed by atoms with van der Waals surface area (Å²) in [5.41, 5.74) is 6.88. The third-order valence-electron chi connectivity index (χ3n) is 3.67. The van der Waals surface area contributed by atoms with Gasteiger partial charge in [-0.3, -0.25) is 9.89 Å². The second-order valence-corrected chi connectivity index (χ2v) is 5.29. The maximum absolute atomic E-state index is 12.1. The van der Waals surface area contributed by atoms with Gasteiger partial charge in [0, 0.05) is 11.3 Å². The topological polar surface area (TPSA) is 96.7 Å². The molecule has 1 aromatic carbocycles. The summed E-state index contributed by atoms with van der Waals surface area (Å²) in [4.78, 5) is 16.4. The molecule has 2 aromatic rings. The Morgan fingerprint density at radius 3 is 2.85 bits per heavy atom. The van der Waals surface area contributed by atoms with Gasteiger partial charge in [-0.25, -0.2) is 4.98 Å². The van der Waals surface area contributed by atoms with Crippen LogP contribution < -0.4 is 11.1 Å². The zero-order valence-electron chi connectivity index (χ0n) is 11.3. The molecule has 1 amide bonds. The van der Waals surface area contributed by atoms with Crippen LogP contribution in [0.4, 0.5) is 5.69 Å². The molecule has 1 saturated carbocycles. The normalized spacial score (nSPS) is 16.5. The molecule has 6 nitrogen and oxygen atoms in total. The average molecular weight is 271 g/mol. The van der Waals surface area contributed by atoms with Crippen LogP contribution >= 0.6 is 0 Å². The molecule has 6 heteroatoms. The molecule has 0 unspecified atom stereocenters. The largest absolute Gasteiger partial charge is 0.324 e. The average Bonchev–Trinajstić information content (AvgIpc) is 2.83. The smallest absolute Gasteiger partial charge is 0.244 e. The van der Waals surface area contributed by atoms with E-state index in [-0.39, 0.29) is 5.91 Å². The molecular formula is C14H17N5O. The molecular weight excluding hydrogens is 254 g/mol. The minimum Gasteiger partial charge on any atom is -0.324 e. The fourth-order valence-corrected chi connectivity index (χ4v) is 2.25. The van der Waals surface area contributed by atoms with Gasteiger partial charge in [-0.15, -0.1) is 0 Å². The molecule has 0 spiro atoms. The summed E-state index contributed by atoms with van der Waals surface area (Å²) < 4.78 is 0. The molecule has 4 N–H and O–H groups in total. The third kappa shape index (κ3) is 2.30. The van der Waals surface area contributed by atoms with Gasteiger partial charge in [0.2, 0.25) is 5.91 Å². The van der Waals surface area contributed by atoms with Crippen molar-refractivity contribution in [2.45, 2.75) is 31.7 Å². The van der Waals surface area contributed by atoms with Crippen molar-refractivity contribution in [2.75, 3.05) is 5.32 Å². The molecule has 0 aliphatic heterocycles. The number of aromatic nitrogens is 3. The first-order valence-corrected chi connectivity index (χ1v) is 6.67. The Kier molecular flexibility index (Phi) is 3.02. The van der Waals surface area contributed by atoms with Gasteiger partial charge < -0.3 is 11.1 Å². The van der Waals surface area contributed by atoms with E-state index >= 15 is 0 Å². The molecule has 104 valence electrons. The summed E-state index contributed by atoms with van der Waals surface area (Å²) in [6.07, 6.45) is 2.51. The number of carbonyl (C=O) groups excluding carboxylic acids is 1. The maximum atomic E-state index is 12.1. The molecule has 1 aromatic heterocycles. The lowest BCUT2D eigenvalue weighted by molar-refractivity contribution is -0.123. The first kappa shape index (κ1) is 12.8. The quantitative estimate of drug-likeness (QED) is 0.790. The minimum absolute atomic E-state index is 0.118. The summed E-state index contributed by atoms with van der Waals surface area (Å²) in [6.45, 7) is 1.84. The number of rotatable bonds is 3. The summed E-state index contributed by atoms with van der Waals surface area (Å²) >= 11 is 0. The Bertz CT molecular complexity index is 645. The Morgan fingerprint density at radius 2 is 2.25 bits per heavy atom. The number of aryl methyl sites for hydroxylation is 1. The van der Waals surface area contributed by atoms with Gasteiger partial charge in [0.1, 0.15) is 5.82 Å². The number of nitrogens with zero attached hydrogens (tertiary/aromatic N) is 2. The number of hydrogen-bond donors (Lipinski definition) is 3. The van der Waals surface area contributed by atoms with E-state index in [9.17, 15) is 4.79 Å². The number of nitrogens with one attached hydrogen (secondary N) is 2. The fourth-order valence-electron chi connectivity index (χ4n) is 2.25. The molecule has 0 radical (unpaired) electrons. The van der Waals surface area contributed by atoms with Gasteiger partial charge >= 0.3 is 0 Å². The Balaban J connectivity index is 1.79. The second-order valence-electron chi connectivity index (χ2n) is 5.29. The van der Waals surface area contributed by atoms with Gasteiger partial charge in [-0.1, -0.05) is 12.1 Å². The van der Waals surface area contributed by atoms with Crippen LogP contribution in [0.25, 0.3) is 11.4 Å². The van der Waals surface area contributed by atoms with E-state index in [4.69, 9.17) is 5.73 Å². The molecule has 3 rings (SSSR count). The highest BCUT2D eigenvalue weighted by Crippen LogP contribution is 2.30. The van der Waals surface area contributed by atoms with Crippen molar-refractivity contribution in [3.8, 4) is 11.4 Å². The summed E-state index contributed by atoms with van der Waals surface area (Å²) in [7, 11) is 0. The van der Waals surface area contributed by atoms with Crippen LogP contribution in [0, 0.1) is 6.92 Å². The maximum Gasteiger partial charge on any atom is 0.244 e. The Morgan fingerprint density at radius 1 is 1.45 bits per heavy atom. The van der Waals surface area contributed by atoms with Crippen molar-refractivity contribution in [2.24, 2.45) is 5.73 Å². The number of carbonyl (C=O) groups is 1. The van der Waals surface area contributed by atoms with Crippen molar-refractivity contribution >= 4 is 11.6 Å². The summed E-state index contributed by atoms with van der Waals surface area (Å²) in [5, 5.41) is 9.78. The number of amides is 1. The van der Waals surface area contributed by atoms with Crippen molar-refractivity contribution in [3.05, 3.63) is 30.1 Å². The molecule has 1 aliphatic carbocycles. The predicted molar refractivity (Wildman–Crippen MR) is 76.0 cm³/mol. The Labute approximate surface area is 116 Å². The first-order chi connectivity index (χ1) is 9.57. The van der Waals surface area contributed by atoms with E-state index in [1.54, 1.807) is 0 Å². The van der Waals surface area contributed by atoms with Crippen molar-refractivity contribution < 1.29 is 4.79 Å². The van der Waals surface area contributed by atoms with Gasteiger partial charge in [0.15, 0.2) is 5.82 Å². The lowest BCUT2D eigenvalue weighted by Gasteiger charge is -2.36. The second kappa shape index (κ2) is 4.72. The van der Waals surface area contributed by atoms with Crippen molar-refractivity contribution in [3.63, 3.8) is 0 Å². The van der Waals surface area contributed by atoms with Crippen molar-refractivity contribution in [1.82, 2.24) is 15.2 Å². The first-order valence-electron chi connectivity index (χ1n) is 6.67. The number of nitrogens with two attached hydrogens (primary N) is 1. The molecule has 0 atom stereocenters. The van der Waals surface area contributed by atoms with E-state index < -0.39 is 5.54 Å². The van der Waals surface area contributed by atoms with Crippen LogP contribution in [-0.4, -0.2) is 26.6 Å². The number of benzene rings is 1. The number of hydrogen-bond acceptors (Lipinski definition) is 4. The fraction of sp³-hybridized carbons (Fsp3) is 0.357. The Hall–Kier alpha value is -2.21. The number of H-pyrrole nitrogens is 1. The summed E-state index contributed by atoms with van der Waals surface area (Å²) in [6, 6.07) is 7.45. The molecule has 1 aliphatic rings. The van der Waals surface area contributed by atoms with E-state index in [1.165, 1.54) is 0 Å². The molecule has 0 saturated heterocycles. The van der Waals surface area contributed by atoms with Gasteiger partial charge in [-0.2, -0.15) is 5.10 Å². The predicted octanol–water partition coefficient (Wildman–Crippen LogP) is 1.60. The van der Waals surface area contributed by atoms with Crippen LogP contribution in [0.3, 0.4) is 0 Å². The lowest BCUT2D eigenvalue weighted by atomic mass is 9.77. The standard InChI is InChI=1S/C14H17N5O/c1-9-16-12(19-18-9)10-4-2-5-11(8-10)17-13(20)14(15)6-3-7-14/h2,4-5,8H,3,6-7,15H2,1H3,(H,17,20)(H,16,18,19).